The first-order valence-electron chi connectivity index (χ1n) is 9.97. The van der Waals surface area contributed by atoms with Gasteiger partial charge in [0.1, 0.15) is 5.75 Å². The molecule has 9 nitrogen and oxygen atoms in total. The van der Waals surface area contributed by atoms with E-state index in [0.29, 0.717) is 11.4 Å². The first-order valence-corrected chi connectivity index (χ1v) is 9.97. The maximum Gasteiger partial charge on any atom is 0.311 e. The van der Waals surface area contributed by atoms with E-state index in [2.05, 4.69) is 25.5 Å². The van der Waals surface area contributed by atoms with E-state index < -0.39 is 5.91 Å². The SMILES string of the molecule is COc1cccc(CC(=O)c2cnc(C(=O)Nc3cnccc3N3CCNCC3)o2)c1. The number of anilines is 2. The number of hydrogen-bond donors (Lipinski definition) is 2. The van der Waals surface area contributed by atoms with Gasteiger partial charge in [0.25, 0.3) is 5.89 Å². The molecule has 160 valence electrons. The Kier molecular flexibility index (Phi) is 6.23. The topological polar surface area (TPSA) is 110 Å². The van der Waals surface area contributed by atoms with Crippen LogP contribution < -0.4 is 20.3 Å². The Morgan fingerprint density at radius 1 is 1.23 bits per heavy atom. The lowest BCUT2D eigenvalue weighted by molar-refractivity contribution is 0.0952. The van der Waals surface area contributed by atoms with Crippen molar-refractivity contribution >= 4 is 23.1 Å². The maximum absolute atomic E-state index is 12.7. The zero-order valence-corrected chi connectivity index (χ0v) is 17.1. The number of methoxy groups -OCH3 is 1. The normalized spacial score (nSPS) is 13.6. The maximum atomic E-state index is 12.7. The lowest BCUT2D eigenvalue weighted by Crippen LogP contribution is -2.43. The molecule has 0 bridgehead atoms. The minimum Gasteiger partial charge on any atom is -0.497 e. The second-order valence-electron chi connectivity index (χ2n) is 7.07. The molecule has 1 saturated heterocycles. The third-order valence-electron chi connectivity index (χ3n) is 4.98. The molecule has 0 radical (unpaired) electrons. The number of rotatable bonds is 7. The Morgan fingerprint density at radius 3 is 2.87 bits per heavy atom. The van der Waals surface area contributed by atoms with Gasteiger partial charge in [-0.2, -0.15) is 0 Å². The first-order chi connectivity index (χ1) is 15.1. The molecular formula is C22H23N5O4. The molecule has 9 heteroatoms. The number of hydrogen-bond acceptors (Lipinski definition) is 8. The van der Waals surface area contributed by atoms with Gasteiger partial charge in [-0.1, -0.05) is 12.1 Å². The van der Waals surface area contributed by atoms with Crippen molar-refractivity contribution in [2.24, 2.45) is 0 Å². The highest BCUT2D eigenvalue weighted by Gasteiger charge is 2.21. The number of ether oxygens (including phenoxy) is 1. The number of aromatic nitrogens is 2. The quantitative estimate of drug-likeness (QED) is 0.559. The van der Waals surface area contributed by atoms with Crippen molar-refractivity contribution in [2.45, 2.75) is 6.42 Å². The fourth-order valence-electron chi connectivity index (χ4n) is 3.40. The molecular weight excluding hydrogens is 398 g/mol. The minimum absolute atomic E-state index is 0.0292. The summed E-state index contributed by atoms with van der Waals surface area (Å²) in [6.07, 6.45) is 4.67. The highest BCUT2D eigenvalue weighted by atomic mass is 16.5. The summed E-state index contributed by atoms with van der Waals surface area (Å²) in [5, 5.41) is 6.09. The van der Waals surface area contributed by atoms with Gasteiger partial charge in [0.2, 0.25) is 5.78 Å². The van der Waals surface area contributed by atoms with Crippen molar-refractivity contribution in [3.63, 3.8) is 0 Å². The van der Waals surface area contributed by atoms with Crippen LogP contribution in [0.2, 0.25) is 0 Å². The third kappa shape index (κ3) is 4.89. The smallest absolute Gasteiger partial charge is 0.311 e. The predicted molar refractivity (Wildman–Crippen MR) is 115 cm³/mol. The van der Waals surface area contributed by atoms with Gasteiger partial charge >= 0.3 is 5.91 Å². The van der Waals surface area contributed by atoms with Crippen LogP contribution in [0, 0.1) is 0 Å². The van der Waals surface area contributed by atoms with E-state index >= 15 is 0 Å². The second-order valence-corrected chi connectivity index (χ2v) is 7.07. The Morgan fingerprint density at radius 2 is 2.06 bits per heavy atom. The average Bonchev–Trinajstić information content (AvgIpc) is 3.31. The molecule has 0 atom stereocenters. The summed E-state index contributed by atoms with van der Waals surface area (Å²) in [4.78, 5) is 35.5. The molecule has 0 aliphatic carbocycles. The number of piperazine rings is 1. The summed E-state index contributed by atoms with van der Waals surface area (Å²) in [6.45, 7) is 3.39. The Bertz CT molecular complexity index is 1080. The first kappa shape index (κ1) is 20.5. The van der Waals surface area contributed by atoms with E-state index in [4.69, 9.17) is 9.15 Å². The minimum atomic E-state index is -0.537. The van der Waals surface area contributed by atoms with E-state index in [1.807, 2.05) is 18.2 Å². The van der Waals surface area contributed by atoms with Crippen LogP contribution in [0.25, 0.3) is 0 Å². The molecule has 1 aliphatic rings. The van der Waals surface area contributed by atoms with Crippen molar-refractivity contribution in [3.05, 3.63) is 66.1 Å². The van der Waals surface area contributed by atoms with E-state index in [1.54, 1.807) is 31.6 Å². The second kappa shape index (κ2) is 9.40. The molecule has 1 amide bonds. The lowest BCUT2D eigenvalue weighted by atomic mass is 10.1. The number of ketones is 1. The van der Waals surface area contributed by atoms with Crippen LogP contribution in [0.5, 0.6) is 5.75 Å². The summed E-state index contributed by atoms with van der Waals surface area (Å²) in [5.74, 6) is -0.294. The molecule has 2 N–H and O–H groups in total. The molecule has 31 heavy (non-hydrogen) atoms. The number of amides is 1. The lowest BCUT2D eigenvalue weighted by Gasteiger charge is -2.30. The van der Waals surface area contributed by atoms with Crippen LogP contribution in [0.1, 0.15) is 26.8 Å². The van der Waals surface area contributed by atoms with Crippen molar-refractivity contribution < 1.29 is 18.7 Å². The van der Waals surface area contributed by atoms with Crippen LogP contribution in [0.15, 0.2) is 53.3 Å². The van der Waals surface area contributed by atoms with Crippen LogP contribution in [-0.2, 0) is 6.42 Å². The summed E-state index contributed by atoms with van der Waals surface area (Å²) in [6, 6.07) is 9.08. The number of carbonyl (C=O) groups excluding carboxylic acids is 2. The zero-order chi connectivity index (χ0) is 21.6. The van der Waals surface area contributed by atoms with Crippen LogP contribution in [0.4, 0.5) is 11.4 Å². The average molecular weight is 421 g/mol. The van der Waals surface area contributed by atoms with Crippen molar-refractivity contribution in [2.75, 3.05) is 43.5 Å². The van der Waals surface area contributed by atoms with E-state index in [0.717, 1.165) is 37.4 Å². The van der Waals surface area contributed by atoms with Gasteiger partial charge in [-0.15, -0.1) is 0 Å². The number of oxazole rings is 1. The highest BCUT2D eigenvalue weighted by molar-refractivity contribution is 6.03. The fraction of sp³-hybridized carbons (Fsp3) is 0.273. The van der Waals surface area contributed by atoms with E-state index in [-0.39, 0.29) is 23.9 Å². The summed E-state index contributed by atoms with van der Waals surface area (Å²) >= 11 is 0. The van der Waals surface area contributed by atoms with Gasteiger partial charge in [0.15, 0.2) is 5.76 Å². The van der Waals surface area contributed by atoms with Gasteiger partial charge in [0, 0.05) is 38.8 Å². The molecule has 1 aliphatic heterocycles. The zero-order valence-electron chi connectivity index (χ0n) is 17.1. The van der Waals surface area contributed by atoms with Gasteiger partial charge < -0.3 is 24.7 Å². The molecule has 1 fully saturated rings. The standard InChI is InChI=1S/C22H23N5O4/c1-30-16-4-2-3-15(11-16)12-19(28)20-14-25-22(31-20)21(29)26-17-13-24-6-5-18(17)27-9-7-23-8-10-27/h2-6,11,13-14,23H,7-10,12H2,1H3,(H,26,29). The van der Waals surface area contributed by atoms with Crippen molar-refractivity contribution in [1.82, 2.24) is 15.3 Å². The summed E-state index contributed by atoms with van der Waals surface area (Å²) < 4.78 is 10.6. The Balaban J connectivity index is 1.44. The number of nitrogens with one attached hydrogen (secondary N) is 2. The molecule has 4 rings (SSSR count). The molecule has 0 unspecified atom stereocenters. The van der Waals surface area contributed by atoms with E-state index in [9.17, 15) is 9.59 Å². The highest BCUT2D eigenvalue weighted by Crippen LogP contribution is 2.25. The number of nitrogens with zero attached hydrogens (tertiary/aromatic N) is 3. The number of pyridine rings is 1. The summed E-state index contributed by atoms with van der Waals surface area (Å²) in [7, 11) is 1.57. The monoisotopic (exact) mass is 421 g/mol. The van der Waals surface area contributed by atoms with Crippen LogP contribution in [-0.4, -0.2) is 54.9 Å². The van der Waals surface area contributed by atoms with Crippen molar-refractivity contribution in [3.8, 4) is 5.75 Å². The van der Waals surface area contributed by atoms with E-state index in [1.165, 1.54) is 6.20 Å². The van der Waals surface area contributed by atoms with Crippen LogP contribution >= 0.6 is 0 Å². The van der Waals surface area contributed by atoms with Gasteiger partial charge in [0.05, 0.1) is 30.9 Å². The largest absolute Gasteiger partial charge is 0.497 e. The van der Waals surface area contributed by atoms with Crippen molar-refractivity contribution in [1.29, 1.82) is 0 Å². The molecule has 1 aromatic carbocycles. The van der Waals surface area contributed by atoms with Crippen LogP contribution in [0.3, 0.4) is 0 Å². The predicted octanol–water partition coefficient (Wildman–Crippen LogP) is 2.17. The Labute approximate surface area is 179 Å². The number of benzene rings is 1. The Hall–Kier alpha value is -3.72. The molecule has 0 saturated carbocycles. The molecule has 3 heterocycles. The fourth-order valence-corrected chi connectivity index (χ4v) is 3.40. The van der Waals surface area contributed by atoms with Gasteiger partial charge in [-0.3, -0.25) is 14.6 Å². The third-order valence-corrected chi connectivity index (χ3v) is 4.98. The summed E-state index contributed by atoms with van der Waals surface area (Å²) in [5.41, 5.74) is 2.23. The molecule has 0 spiro atoms. The number of carbonyl (C=O) groups is 2. The molecule has 2 aromatic heterocycles. The number of Topliss-reactive ketones (excluding diaryl/α,β-unsaturated/α-hetero) is 1. The molecule has 3 aromatic rings. The van der Waals surface area contributed by atoms with Gasteiger partial charge in [-0.25, -0.2) is 4.98 Å². The van der Waals surface area contributed by atoms with Gasteiger partial charge in [-0.05, 0) is 23.8 Å².